The van der Waals surface area contributed by atoms with Crippen LogP contribution in [0.25, 0.3) is 11.1 Å². The van der Waals surface area contributed by atoms with Crippen LogP contribution in [-0.2, 0) is 6.42 Å². The maximum atomic E-state index is 6.01. The van der Waals surface area contributed by atoms with Gasteiger partial charge in [0.15, 0.2) is 11.5 Å². The predicted molar refractivity (Wildman–Crippen MR) is 64.1 cm³/mol. The summed E-state index contributed by atoms with van der Waals surface area (Å²) in [6.45, 7) is 4.25. The first-order valence-corrected chi connectivity index (χ1v) is 5.61. The molecule has 0 spiro atoms. The van der Waals surface area contributed by atoms with Crippen LogP contribution in [0.5, 0.6) is 5.75 Å². The number of ether oxygens (including phenoxy) is 1. The van der Waals surface area contributed by atoms with Crippen LogP contribution in [0.15, 0.2) is 16.5 Å². The van der Waals surface area contributed by atoms with Gasteiger partial charge in [-0.1, -0.05) is 25.4 Å². The van der Waals surface area contributed by atoms with Crippen LogP contribution in [0.2, 0.25) is 5.02 Å². The molecule has 0 bridgehead atoms. The van der Waals surface area contributed by atoms with Gasteiger partial charge in [0.1, 0.15) is 11.3 Å². The van der Waals surface area contributed by atoms with Gasteiger partial charge in [-0.3, -0.25) is 0 Å². The zero-order valence-corrected chi connectivity index (χ0v) is 10.3. The fourth-order valence-corrected chi connectivity index (χ4v) is 1.81. The van der Waals surface area contributed by atoms with Gasteiger partial charge in [0.25, 0.3) is 0 Å². The Labute approximate surface area is 99.4 Å². The number of hydrogen-bond donors (Lipinski definition) is 0. The SMILES string of the molecule is COc1cc2oc(CC(C)C)nc2cc1Cl. The van der Waals surface area contributed by atoms with Crippen LogP contribution in [0.4, 0.5) is 0 Å². The van der Waals surface area contributed by atoms with Gasteiger partial charge < -0.3 is 9.15 Å². The molecule has 0 aliphatic carbocycles. The van der Waals surface area contributed by atoms with E-state index in [0.717, 1.165) is 23.4 Å². The minimum Gasteiger partial charge on any atom is -0.495 e. The zero-order valence-electron chi connectivity index (χ0n) is 9.58. The first-order chi connectivity index (χ1) is 7.60. The normalized spacial score (nSPS) is 11.3. The number of methoxy groups -OCH3 is 1. The van der Waals surface area contributed by atoms with Crippen molar-refractivity contribution in [2.75, 3.05) is 7.11 Å². The fraction of sp³-hybridized carbons (Fsp3) is 0.417. The van der Waals surface area contributed by atoms with Gasteiger partial charge in [-0.2, -0.15) is 0 Å². The van der Waals surface area contributed by atoms with Crippen molar-refractivity contribution in [1.29, 1.82) is 0 Å². The van der Waals surface area contributed by atoms with Crippen LogP contribution in [0.1, 0.15) is 19.7 Å². The lowest BCUT2D eigenvalue weighted by molar-refractivity contribution is 0.414. The number of fused-ring (bicyclic) bond motifs is 1. The Morgan fingerprint density at radius 3 is 2.81 bits per heavy atom. The number of hydrogen-bond acceptors (Lipinski definition) is 3. The van der Waals surface area contributed by atoms with Crippen LogP contribution >= 0.6 is 11.6 Å². The second-order valence-electron chi connectivity index (χ2n) is 4.16. The molecule has 0 amide bonds. The molecule has 3 nitrogen and oxygen atoms in total. The summed E-state index contributed by atoms with van der Waals surface area (Å²) >= 11 is 6.01. The van der Waals surface area contributed by atoms with Gasteiger partial charge in [0, 0.05) is 12.5 Å². The van der Waals surface area contributed by atoms with Gasteiger partial charge in [-0.25, -0.2) is 4.98 Å². The molecule has 0 saturated carbocycles. The van der Waals surface area contributed by atoms with E-state index in [1.165, 1.54) is 0 Å². The number of nitrogens with zero attached hydrogens (tertiary/aromatic N) is 1. The molecule has 16 heavy (non-hydrogen) atoms. The van der Waals surface area contributed by atoms with Gasteiger partial charge >= 0.3 is 0 Å². The maximum Gasteiger partial charge on any atom is 0.195 e. The first kappa shape index (κ1) is 11.3. The summed E-state index contributed by atoms with van der Waals surface area (Å²) < 4.78 is 10.8. The second kappa shape index (κ2) is 4.34. The number of benzene rings is 1. The van der Waals surface area contributed by atoms with E-state index in [2.05, 4.69) is 18.8 Å². The molecule has 4 heteroatoms. The van der Waals surface area contributed by atoms with E-state index < -0.39 is 0 Å². The van der Waals surface area contributed by atoms with Gasteiger partial charge in [-0.15, -0.1) is 0 Å². The highest BCUT2D eigenvalue weighted by Crippen LogP contribution is 2.30. The average Bonchev–Trinajstić information content (AvgIpc) is 2.56. The minimum absolute atomic E-state index is 0.519. The molecule has 0 unspecified atom stereocenters. The molecule has 0 N–H and O–H groups in total. The van der Waals surface area contributed by atoms with Gasteiger partial charge in [0.2, 0.25) is 0 Å². The molecule has 0 atom stereocenters. The Balaban J connectivity index is 2.45. The molecule has 0 aliphatic heterocycles. The molecular weight excluding hydrogens is 226 g/mol. The Kier molecular flexibility index (Phi) is 3.06. The van der Waals surface area contributed by atoms with E-state index in [9.17, 15) is 0 Å². The number of rotatable bonds is 3. The highest BCUT2D eigenvalue weighted by atomic mass is 35.5. The molecule has 1 aromatic heterocycles. The molecule has 2 rings (SSSR count). The van der Waals surface area contributed by atoms with Crippen molar-refractivity contribution < 1.29 is 9.15 Å². The maximum absolute atomic E-state index is 6.01. The summed E-state index contributed by atoms with van der Waals surface area (Å²) in [5.74, 6) is 1.88. The van der Waals surface area contributed by atoms with Gasteiger partial charge in [-0.05, 0) is 12.0 Å². The van der Waals surface area contributed by atoms with Crippen molar-refractivity contribution in [3.05, 3.63) is 23.0 Å². The Hall–Kier alpha value is -1.22. The average molecular weight is 240 g/mol. The van der Waals surface area contributed by atoms with Gasteiger partial charge in [0.05, 0.1) is 12.1 Å². The monoisotopic (exact) mass is 239 g/mol. The lowest BCUT2D eigenvalue weighted by atomic mass is 10.1. The van der Waals surface area contributed by atoms with Crippen molar-refractivity contribution >= 4 is 22.7 Å². The summed E-state index contributed by atoms with van der Waals surface area (Å²) in [6, 6.07) is 3.54. The third-order valence-corrected chi connectivity index (χ3v) is 2.58. The van der Waals surface area contributed by atoms with Crippen molar-refractivity contribution in [3.8, 4) is 5.75 Å². The molecule has 0 aliphatic rings. The summed E-state index contributed by atoms with van der Waals surface area (Å²) in [6.07, 6.45) is 0.828. The van der Waals surface area contributed by atoms with E-state index in [1.54, 1.807) is 19.2 Å². The molecule has 2 aromatic rings. The lowest BCUT2D eigenvalue weighted by Crippen LogP contribution is -1.93. The molecule has 86 valence electrons. The molecular formula is C12H14ClNO2. The Bertz CT molecular complexity index is 505. The molecule has 0 radical (unpaired) electrons. The van der Waals surface area contributed by atoms with E-state index in [0.29, 0.717) is 16.7 Å². The second-order valence-corrected chi connectivity index (χ2v) is 4.57. The summed E-state index contributed by atoms with van der Waals surface area (Å²) in [5, 5.41) is 0.555. The quantitative estimate of drug-likeness (QED) is 0.820. The first-order valence-electron chi connectivity index (χ1n) is 5.23. The van der Waals surface area contributed by atoms with Crippen LogP contribution in [0, 0.1) is 5.92 Å². The van der Waals surface area contributed by atoms with E-state index >= 15 is 0 Å². The van der Waals surface area contributed by atoms with Crippen molar-refractivity contribution in [3.63, 3.8) is 0 Å². The highest BCUT2D eigenvalue weighted by Gasteiger charge is 2.11. The third kappa shape index (κ3) is 2.14. The fourth-order valence-electron chi connectivity index (χ4n) is 1.57. The van der Waals surface area contributed by atoms with Crippen LogP contribution < -0.4 is 4.74 Å². The number of oxazole rings is 1. The Morgan fingerprint density at radius 2 is 2.19 bits per heavy atom. The standard InChI is InChI=1S/C12H14ClNO2/c1-7(2)4-12-14-9-5-8(13)10(15-3)6-11(9)16-12/h5-7H,4H2,1-3H3. The summed E-state index contributed by atoms with van der Waals surface area (Å²) in [7, 11) is 1.58. The topological polar surface area (TPSA) is 35.3 Å². The van der Waals surface area contributed by atoms with E-state index in [1.807, 2.05) is 0 Å². The Morgan fingerprint density at radius 1 is 1.44 bits per heavy atom. The smallest absolute Gasteiger partial charge is 0.195 e. The summed E-state index contributed by atoms with van der Waals surface area (Å²) in [5.41, 5.74) is 1.50. The predicted octanol–water partition coefficient (Wildman–Crippen LogP) is 3.69. The van der Waals surface area contributed by atoms with Crippen LogP contribution in [-0.4, -0.2) is 12.1 Å². The van der Waals surface area contributed by atoms with Crippen molar-refractivity contribution in [2.45, 2.75) is 20.3 Å². The zero-order chi connectivity index (χ0) is 11.7. The third-order valence-electron chi connectivity index (χ3n) is 2.29. The van der Waals surface area contributed by atoms with E-state index in [4.69, 9.17) is 20.8 Å². The molecule has 1 aromatic carbocycles. The lowest BCUT2D eigenvalue weighted by Gasteiger charge is -2.00. The largest absolute Gasteiger partial charge is 0.495 e. The minimum atomic E-state index is 0.519. The molecule has 1 heterocycles. The summed E-state index contributed by atoms with van der Waals surface area (Å²) in [4.78, 5) is 4.38. The molecule has 0 saturated heterocycles. The van der Waals surface area contributed by atoms with Crippen molar-refractivity contribution in [1.82, 2.24) is 4.98 Å². The van der Waals surface area contributed by atoms with Crippen LogP contribution in [0.3, 0.4) is 0 Å². The van der Waals surface area contributed by atoms with Crippen molar-refractivity contribution in [2.24, 2.45) is 5.92 Å². The number of halogens is 1. The molecule has 0 fully saturated rings. The van der Waals surface area contributed by atoms with E-state index in [-0.39, 0.29) is 0 Å². The highest BCUT2D eigenvalue weighted by molar-refractivity contribution is 6.32. The number of aromatic nitrogens is 1.